The summed E-state index contributed by atoms with van der Waals surface area (Å²) in [6, 6.07) is 7.32. The predicted molar refractivity (Wildman–Crippen MR) is 85.9 cm³/mol. The Morgan fingerprint density at radius 3 is 2.78 bits per heavy atom. The highest BCUT2D eigenvalue weighted by molar-refractivity contribution is 6.00. The number of amides is 2. The van der Waals surface area contributed by atoms with Crippen molar-refractivity contribution >= 4 is 11.8 Å². The molecule has 1 unspecified atom stereocenters. The Morgan fingerprint density at radius 2 is 2.09 bits per heavy atom. The molecule has 0 aliphatic carbocycles. The van der Waals surface area contributed by atoms with Gasteiger partial charge in [-0.25, -0.2) is 0 Å². The molecule has 2 heterocycles. The Hall–Kier alpha value is -2.63. The van der Waals surface area contributed by atoms with Crippen molar-refractivity contribution in [2.45, 2.75) is 19.4 Å². The molecule has 23 heavy (non-hydrogen) atoms. The predicted octanol–water partition coefficient (Wildman–Crippen LogP) is 1.21. The van der Waals surface area contributed by atoms with Gasteiger partial charge in [-0.3, -0.25) is 14.3 Å². The van der Waals surface area contributed by atoms with E-state index >= 15 is 0 Å². The quantitative estimate of drug-likeness (QED) is 0.926. The van der Waals surface area contributed by atoms with Gasteiger partial charge in [-0.2, -0.15) is 5.10 Å². The summed E-state index contributed by atoms with van der Waals surface area (Å²) in [5.41, 5.74) is 3.31. The van der Waals surface area contributed by atoms with Crippen LogP contribution in [0.2, 0.25) is 0 Å². The van der Waals surface area contributed by atoms with E-state index in [0.29, 0.717) is 18.7 Å². The van der Waals surface area contributed by atoms with Crippen molar-refractivity contribution in [1.29, 1.82) is 0 Å². The first kappa shape index (κ1) is 15.3. The van der Waals surface area contributed by atoms with Gasteiger partial charge in [-0.05, 0) is 18.6 Å². The molecule has 2 amide bonds. The molecule has 0 radical (unpaired) electrons. The first-order valence-corrected chi connectivity index (χ1v) is 7.58. The minimum absolute atomic E-state index is 0.0345. The minimum atomic E-state index is -0.342. The summed E-state index contributed by atoms with van der Waals surface area (Å²) >= 11 is 0. The van der Waals surface area contributed by atoms with Crippen LogP contribution in [0.1, 0.15) is 33.1 Å². The molecule has 1 aliphatic heterocycles. The number of aryl methyl sites for hydroxylation is 2. The minimum Gasteiger partial charge on any atom is -0.351 e. The van der Waals surface area contributed by atoms with Gasteiger partial charge >= 0.3 is 0 Å². The second-order valence-electron chi connectivity index (χ2n) is 5.96. The molecule has 1 aromatic carbocycles. The van der Waals surface area contributed by atoms with Gasteiger partial charge in [0.05, 0.1) is 11.6 Å². The fourth-order valence-corrected chi connectivity index (χ4v) is 3.01. The van der Waals surface area contributed by atoms with E-state index in [2.05, 4.69) is 10.4 Å². The first-order valence-electron chi connectivity index (χ1n) is 7.58. The van der Waals surface area contributed by atoms with Crippen LogP contribution in [0.4, 0.5) is 0 Å². The van der Waals surface area contributed by atoms with Gasteiger partial charge < -0.3 is 10.2 Å². The molecule has 3 rings (SSSR count). The highest BCUT2D eigenvalue weighted by Gasteiger charge is 2.33. The van der Waals surface area contributed by atoms with Crippen LogP contribution >= 0.6 is 0 Å². The maximum Gasteiger partial charge on any atom is 0.253 e. The number of hydrogen-bond acceptors (Lipinski definition) is 3. The zero-order chi connectivity index (χ0) is 16.6. The second-order valence-corrected chi connectivity index (χ2v) is 5.96. The fourth-order valence-electron chi connectivity index (χ4n) is 3.01. The number of nitrogens with zero attached hydrogens (tertiary/aromatic N) is 3. The Kier molecular flexibility index (Phi) is 3.90. The molecule has 0 fully saturated rings. The molecule has 1 N–H and O–H groups in total. The van der Waals surface area contributed by atoms with Crippen molar-refractivity contribution < 1.29 is 9.59 Å². The molecule has 1 atom stereocenters. The molecule has 0 bridgehead atoms. The lowest BCUT2D eigenvalue weighted by Crippen LogP contribution is -2.43. The van der Waals surface area contributed by atoms with Crippen molar-refractivity contribution in [1.82, 2.24) is 20.0 Å². The van der Waals surface area contributed by atoms with E-state index in [1.54, 1.807) is 22.7 Å². The van der Waals surface area contributed by atoms with E-state index < -0.39 is 0 Å². The van der Waals surface area contributed by atoms with Gasteiger partial charge in [0, 0.05) is 44.5 Å². The Balaban J connectivity index is 1.78. The number of carbonyl (C=O) groups is 2. The summed E-state index contributed by atoms with van der Waals surface area (Å²) in [7, 11) is 3.58. The zero-order valence-electron chi connectivity index (χ0n) is 13.5. The van der Waals surface area contributed by atoms with Crippen molar-refractivity contribution in [3.63, 3.8) is 0 Å². The third kappa shape index (κ3) is 2.84. The maximum absolute atomic E-state index is 12.6. The third-order valence-corrected chi connectivity index (χ3v) is 4.25. The van der Waals surface area contributed by atoms with Crippen molar-refractivity contribution in [2.24, 2.45) is 7.05 Å². The van der Waals surface area contributed by atoms with Crippen LogP contribution in [0.25, 0.3) is 0 Å². The van der Waals surface area contributed by atoms with Crippen LogP contribution in [0.3, 0.4) is 0 Å². The van der Waals surface area contributed by atoms with Gasteiger partial charge in [-0.15, -0.1) is 0 Å². The smallest absolute Gasteiger partial charge is 0.253 e. The van der Waals surface area contributed by atoms with E-state index in [1.807, 2.05) is 38.4 Å². The van der Waals surface area contributed by atoms with Crippen LogP contribution in [-0.4, -0.2) is 40.1 Å². The van der Waals surface area contributed by atoms with Crippen molar-refractivity contribution in [2.75, 3.05) is 13.6 Å². The lowest BCUT2D eigenvalue weighted by molar-refractivity contribution is -0.123. The Bertz CT molecular complexity index is 766. The SMILES string of the molecule is Cc1nn(C)cc1CNC(=O)C1CN(C)C(=O)c2ccccc21. The third-order valence-electron chi connectivity index (χ3n) is 4.25. The van der Waals surface area contributed by atoms with Gasteiger partial charge in [-0.1, -0.05) is 18.2 Å². The number of aromatic nitrogens is 2. The topological polar surface area (TPSA) is 67.2 Å². The molecule has 2 aromatic rings. The summed E-state index contributed by atoms with van der Waals surface area (Å²) in [6.45, 7) is 2.76. The number of fused-ring (bicyclic) bond motifs is 1. The largest absolute Gasteiger partial charge is 0.351 e. The molecule has 0 saturated heterocycles. The standard InChI is InChI=1S/C17H20N4O2/c1-11-12(9-21(3)19-11)8-18-16(22)15-10-20(2)17(23)14-7-5-4-6-13(14)15/h4-7,9,15H,8,10H2,1-3H3,(H,18,22). The molecule has 0 spiro atoms. The summed E-state index contributed by atoms with van der Waals surface area (Å²) in [4.78, 5) is 26.4. The van der Waals surface area contributed by atoms with E-state index in [0.717, 1.165) is 16.8 Å². The Labute approximate surface area is 135 Å². The van der Waals surface area contributed by atoms with E-state index in [9.17, 15) is 9.59 Å². The van der Waals surface area contributed by atoms with Gasteiger partial charge in [0.1, 0.15) is 0 Å². The first-order chi connectivity index (χ1) is 11.0. The fraction of sp³-hybridized carbons (Fsp3) is 0.353. The maximum atomic E-state index is 12.6. The lowest BCUT2D eigenvalue weighted by Gasteiger charge is -2.31. The van der Waals surface area contributed by atoms with Crippen molar-refractivity contribution in [3.8, 4) is 0 Å². The number of carbonyl (C=O) groups excluding carboxylic acids is 2. The van der Waals surface area contributed by atoms with E-state index in [-0.39, 0.29) is 17.7 Å². The Morgan fingerprint density at radius 1 is 1.35 bits per heavy atom. The average molecular weight is 312 g/mol. The van der Waals surface area contributed by atoms with Gasteiger partial charge in [0.25, 0.3) is 5.91 Å². The molecular weight excluding hydrogens is 292 g/mol. The van der Waals surface area contributed by atoms with E-state index in [4.69, 9.17) is 0 Å². The molecule has 1 aliphatic rings. The second kappa shape index (κ2) is 5.87. The summed E-state index contributed by atoms with van der Waals surface area (Å²) in [6.07, 6.45) is 1.90. The highest BCUT2D eigenvalue weighted by Crippen LogP contribution is 2.27. The van der Waals surface area contributed by atoms with Crippen LogP contribution in [0, 0.1) is 6.92 Å². The monoisotopic (exact) mass is 312 g/mol. The zero-order valence-corrected chi connectivity index (χ0v) is 13.5. The molecule has 0 saturated carbocycles. The van der Waals surface area contributed by atoms with Crippen LogP contribution in [0.5, 0.6) is 0 Å². The number of nitrogens with one attached hydrogen (secondary N) is 1. The summed E-state index contributed by atoms with van der Waals surface area (Å²) < 4.78 is 1.74. The van der Waals surface area contributed by atoms with Crippen molar-refractivity contribution in [3.05, 3.63) is 52.8 Å². The number of rotatable bonds is 3. The average Bonchev–Trinajstić information content (AvgIpc) is 2.86. The number of likely N-dealkylation sites (N-methyl/N-ethyl adjacent to an activating group) is 1. The van der Waals surface area contributed by atoms with Crippen LogP contribution < -0.4 is 5.32 Å². The number of hydrogen-bond donors (Lipinski definition) is 1. The normalized spacial score (nSPS) is 17.1. The van der Waals surface area contributed by atoms with Gasteiger partial charge in [0.2, 0.25) is 5.91 Å². The van der Waals surface area contributed by atoms with Crippen LogP contribution in [-0.2, 0) is 18.4 Å². The summed E-state index contributed by atoms with van der Waals surface area (Å²) in [5, 5.41) is 7.24. The molecule has 6 heteroatoms. The lowest BCUT2D eigenvalue weighted by atomic mass is 9.89. The van der Waals surface area contributed by atoms with Gasteiger partial charge in [0.15, 0.2) is 0 Å². The molecule has 1 aromatic heterocycles. The highest BCUT2D eigenvalue weighted by atomic mass is 16.2. The number of benzene rings is 1. The molecule has 6 nitrogen and oxygen atoms in total. The molecule has 120 valence electrons. The van der Waals surface area contributed by atoms with Crippen LogP contribution in [0.15, 0.2) is 30.5 Å². The van der Waals surface area contributed by atoms with E-state index in [1.165, 1.54) is 0 Å². The summed E-state index contributed by atoms with van der Waals surface area (Å²) in [5.74, 6) is -0.446. The molecular formula is C17H20N4O2.